The Kier molecular flexibility index (Phi) is 4.22. The number of fused-ring (bicyclic) bond motifs is 1. The third-order valence-corrected chi connectivity index (χ3v) is 4.89. The number of benzene rings is 1. The van der Waals surface area contributed by atoms with Gasteiger partial charge in [-0.15, -0.1) is 0 Å². The fraction of sp³-hybridized carbons (Fsp3) is 0.625. The van der Waals surface area contributed by atoms with Gasteiger partial charge >= 0.3 is 0 Å². The summed E-state index contributed by atoms with van der Waals surface area (Å²) in [5, 5.41) is 3.58. The third kappa shape index (κ3) is 2.68. The van der Waals surface area contributed by atoms with E-state index < -0.39 is 0 Å². The molecule has 2 heterocycles. The number of ether oxygens (including phenoxy) is 2. The minimum Gasteiger partial charge on any atom is -0.486 e. The Morgan fingerprint density at radius 2 is 2.15 bits per heavy atom. The highest BCUT2D eigenvalue weighted by Gasteiger charge is 2.25. The van der Waals surface area contributed by atoms with Gasteiger partial charge in [-0.3, -0.25) is 0 Å². The minimum atomic E-state index is 0.469. The fourth-order valence-electron chi connectivity index (χ4n) is 3.20. The number of hydrogen-bond acceptors (Lipinski definition) is 3. The van der Waals surface area contributed by atoms with E-state index in [0.717, 1.165) is 28.9 Å². The van der Waals surface area contributed by atoms with Crippen LogP contribution in [0.2, 0.25) is 0 Å². The Morgan fingerprint density at radius 1 is 1.35 bits per heavy atom. The van der Waals surface area contributed by atoms with Crippen molar-refractivity contribution in [1.29, 1.82) is 0 Å². The SMILES string of the molecule is CC(C)c1c(CC2CCCN2)cc2c(c1Br)OCCO2. The molecule has 1 fully saturated rings. The number of rotatable bonds is 3. The molecule has 0 aliphatic carbocycles. The lowest BCUT2D eigenvalue weighted by atomic mass is 9.92. The first kappa shape index (κ1) is 14.2. The molecule has 0 saturated carbocycles. The van der Waals surface area contributed by atoms with Gasteiger partial charge < -0.3 is 14.8 Å². The van der Waals surface area contributed by atoms with Crippen molar-refractivity contribution in [1.82, 2.24) is 5.32 Å². The van der Waals surface area contributed by atoms with E-state index in [0.29, 0.717) is 25.2 Å². The lowest BCUT2D eigenvalue weighted by molar-refractivity contribution is 0.170. The molecule has 1 aromatic carbocycles. The van der Waals surface area contributed by atoms with Crippen LogP contribution in [0.1, 0.15) is 43.7 Å². The van der Waals surface area contributed by atoms with Gasteiger partial charge in [0.15, 0.2) is 11.5 Å². The smallest absolute Gasteiger partial charge is 0.175 e. The summed E-state index contributed by atoms with van der Waals surface area (Å²) in [5.74, 6) is 2.24. The van der Waals surface area contributed by atoms with Gasteiger partial charge in [-0.25, -0.2) is 0 Å². The van der Waals surface area contributed by atoms with Gasteiger partial charge in [-0.1, -0.05) is 13.8 Å². The van der Waals surface area contributed by atoms with E-state index in [-0.39, 0.29) is 0 Å². The largest absolute Gasteiger partial charge is 0.486 e. The van der Waals surface area contributed by atoms with E-state index in [4.69, 9.17) is 9.47 Å². The molecule has 2 aliphatic heterocycles. The van der Waals surface area contributed by atoms with Gasteiger partial charge in [-0.2, -0.15) is 0 Å². The fourth-order valence-corrected chi connectivity index (χ4v) is 4.22. The molecule has 0 spiro atoms. The van der Waals surface area contributed by atoms with Crippen LogP contribution in [0.15, 0.2) is 10.5 Å². The molecule has 0 aromatic heterocycles. The van der Waals surface area contributed by atoms with Gasteiger partial charge in [0.05, 0.1) is 4.47 Å². The van der Waals surface area contributed by atoms with Crippen LogP contribution < -0.4 is 14.8 Å². The zero-order chi connectivity index (χ0) is 14.1. The lowest BCUT2D eigenvalue weighted by Crippen LogP contribution is -2.25. The normalized spacial score (nSPS) is 21.5. The maximum Gasteiger partial charge on any atom is 0.175 e. The molecule has 2 aliphatic rings. The molecule has 3 nitrogen and oxygen atoms in total. The molecule has 3 rings (SSSR count). The van der Waals surface area contributed by atoms with E-state index in [1.165, 1.54) is 24.0 Å². The van der Waals surface area contributed by atoms with Crippen molar-refractivity contribution in [3.05, 3.63) is 21.7 Å². The molecule has 1 N–H and O–H groups in total. The zero-order valence-corrected chi connectivity index (χ0v) is 13.8. The molecular formula is C16H22BrNO2. The summed E-state index contributed by atoms with van der Waals surface area (Å²) in [4.78, 5) is 0. The Labute approximate surface area is 129 Å². The summed E-state index contributed by atoms with van der Waals surface area (Å²) < 4.78 is 12.6. The molecule has 4 heteroatoms. The molecule has 0 amide bonds. The topological polar surface area (TPSA) is 30.5 Å². The molecule has 1 aromatic rings. The summed E-state index contributed by atoms with van der Waals surface area (Å²) in [7, 11) is 0. The molecule has 1 saturated heterocycles. The van der Waals surface area contributed by atoms with Crippen LogP contribution in [0.4, 0.5) is 0 Å². The Hall–Kier alpha value is -0.740. The predicted molar refractivity (Wildman–Crippen MR) is 83.9 cm³/mol. The number of hydrogen-bond donors (Lipinski definition) is 1. The molecule has 1 atom stereocenters. The first-order chi connectivity index (χ1) is 9.66. The third-order valence-electron chi connectivity index (χ3n) is 4.10. The summed E-state index contributed by atoms with van der Waals surface area (Å²) >= 11 is 3.74. The van der Waals surface area contributed by atoms with Crippen LogP contribution in [0, 0.1) is 0 Å². The second-order valence-electron chi connectivity index (χ2n) is 5.94. The van der Waals surface area contributed by atoms with Crippen molar-refractivity contribution in [3.63, 3.8) is 0 Å². The van der Waals surface area contributed by atoms with Gasteiger partial charge in [-0.05, 0) is 64.8 Å². The van der Waals surface area contributed by atoms with Crippen molar-refractivity contribution in [2.75, 3.05) is 19.8 Å². The molecule has 1 unspecified atom stereocenters. The Morgan fingerprint density at radius 3 is 2.85 bits per heavy atom. The predicted octanol–water partition coefficient (Wildman–Crippen LogP) is 3.64. The monoisotopic (exact) mass is 339 g/mol. The zero-order valence-electron chi connectivity index (χ0n) is 12.2. The van der Waals surface area contributed by atoms with Crippen LogP contribution in [0.5, 0.6) is 11.5 Å². The van der Waals surface area contributed by atoms with Gasteiger partial charge in [0.1, 0.15) is 13.2 Å². The van der Waals surface area contributed by atoms with Crippen molar-refractivity contribution < 1.29 is 9.47 Å². The minimum absolute atomic E-state index is 0.469. The molecule has 110 valence electrons. The highest BCUT2D eigenvalue weighted by atomic mass is 79.9. The highest BCUT2D eigenvalue weighted by Crippen LogP contribution is 2.44. The van der Waals surface area contributed by atoms with E-state index in [1.807, 2.05) is 0 Å². The summed E-state index contributed by atoms with van der Waals surface area (Å²) in [6.07, 6.45) is 3.62. The number of halogens is 1. The van der Waals surface area contributed by atoms with Gasteiger partial charge in [0.25, 0.3) is 0 Å². The van der Waals surface area contributed by atoms with Crippen molar-refractivity contribution in [2.45, 2.75) is 45.1 Å². The van der Waals surface area contributed by atoms with E-state index in [9.17, 15) is 0 Å². The quantitative estimate of drug-likeness (QED) is 0.911. The molecule has 0 bridgehead atoms. The Balaban J connectivity index is 1.99. The average molecular weight is 340 g/mol. The summed E-state index contributed by atoms with van der Waals surface area (Å²) in [5.41, 5.74) is 2.75. The van der Waals surface area contributed by atoms with Gasteiger partial charge in [0.2, 0.25) is 0 Å². The molecular weight excluding hydrogens is 318 g/mol. The van der Waals surface area contributed by atoms with Gasteiger partial charge in [0, 0.05) is 6.04 Å². The van der Waals surface area contributed by atoms with E-state index in [2.05, 4.69) is 41.2 Å². The molecule has 20 heavy (non-hydrogen) atoms. The highest BCUT2D eigenvalue weighted by molar-refractivity contribution is 9.10. The van der Waals surface area contributed by atoms with Crippen LogP contribution in [-0.2, 0) is 6.42 Å². The molecule has 0 radical (unpaired) electrons. The maximum atomic E-state index is 5.78. The number of nitrogens with one attached hydrogen (secondary N) is 1. The van der Waals surface area contributed by atoms with Crippen molar-refractivity contribution in [2.24, 2.45) is 0 Å². The second kappa shape index (κ2) is 5.94. The second-order valence-corrected chi connectivity index (χ2v) is 6.73. The standard InChI is InChI=1S/C16H22BrNO2/c1-10(2)14-11(8-12-4-3-5-18-12)9-13-16(15(14)17)20-7-6-19-13/h9-10,12,18H,3-8H2,1-2H3. The van der Waals surface area contributed by atoms with Crippen LogP contribution in [0.25, 0.3) is 0 Å². The van der Waals surface area contributed by atoms with E-state index in [1.54, 1.807) is 0 Å². The van der Waals surface area contributed by atoms with E-state index >= 15 is 0 Å². The Bertz CT molecular complexity index is 496. The van der Waals surface area contributed by atoms with Crippen LogP contribution in [-0.4, -0.2) is 25.8 Å². The summed E-state index contributed by atoms with van der Waals surface area (Å²) in [6, 6.07) is 2.79. The summed E-state index contributed by atoms with van der Waals surface area (Å²) in [6.45, 7) is 6.89. The lowest BCUT2D eigenvalue weighted by Gasteiger charge is -2.25. The maximum absolute atomic E-state index is 5.78. The van der Waals surface area contributed by atoms with Crippen LogP contribution >= 0.6 is 15.9 Å². The van der Waals surface area contributed by atoms with Crippen molar-refractivity contribution in [3.8, 4) is 11.5 Å². The first-order valence-electron chi connectivity index (χ1n) is 7.51. The van der Waals surface area contributed by atoms with Crippen molar-refractivity contribution >= 4 is 15.9 Å². The average Bonchev–Trinajstić information content (AvgIpc) is 2.91. The van der Waals surface area contributed by atoms with Crippen LogP contribution in [0.3, 0.4) is 0 Å². The first-order valence-corrected chi connectivity index (χ1v) is 8.30.